The molecule has 1 aliphatic carbocycles. The normalized spacial score (nSPS) is 14.3. The van der Waals surface area contributed by atoms with Gasteiger partial charge in [-0.1, -0.05) is 25.0 Å². The molecule has 0 amide bonds. The second-order valence-electron chi connectivity index (χ2n) is 10.0. The van der Waals surface area contributed by atoms with Crippen LogP contribution in [-0.4, -0.2) is 31.7 Å². The summed E-state index contributed by atoms with van der Waals surface area (Å²) in [7, 11) is 0. The molecule has 1 fully saturated rings. The van der Waals surface area contributed by atoms with E-state index in [1.165, 1.54) is 47.8 Å². The Balaban J connectivity index is 1.20. The minimum Gasteiger partial charge on any atom is -0.353 e. The lowest BCUT2D eigenvalue weighted by Crippen LogP contribution is -2.20. The van der Waals surface area contributed by atoms with Crippen LogP contribution in [0.4, 0.5) is 0 Å². The van der Waals surface area contributed by atoms with Gasteiger partial charge in [-0.2, -0.15) is 16.4 Å². The number of nitrogens with zero attached hydrogens (tertiary/aromatic N) is 3. The van der Waals surface area contributed by atoms with Crippen LogP contribution in [0.3, 0.4) is 0 Å². The molecule has 7 rings (SSSR count). The van der Waals surface area contributed by atoms with Crippen LogP contribution < -0.4 is 5.32 Å². The number of aromatic nitrogens is 5. The van der Waals surface area contributed by atoms with E-state index in [0.29, 0.717) is 0 Å². The number of hydrogen-bond donors (Lipinski definition) is 3. The summed E-state index contributed by atoms with van der Waals surface area (Å²) in [4.78, 5) is 12.8. The molecule has 37 heavy (non-hydrogen) atoms. The van der Waals surface area contributed by atoms with Gasteiger partial charge in [0.1, 0.15) is 5.69 Å². The van der Waals surface area contributed by atoms with Gasteiger partial charge in [-0.3, -0.25) is 10.1 Å². The lowest BCUT2D eigenvalue weighted by molar-refractivity contribution is 0.489. The van der Waals surface area contributed by atoms with Gasteiger partial charge in [-0.05, 0) is 83.1 Å². The molecule has 0 aliphatic heterocycles. The highest BCUT2D eigenvalue weighted by Gasteiger charge is 2.16. The van der Waals surface area contributed by atoms with Gasteiger partial charge in [-0.25, -0.2) is 4.98 Å². The van der Waals surface area contributed by atoms with Crippen LogP contribution in [0.25, 0.3) is 55.6 Å². The van der Waals surface area contributed by atoms with Gasteiger partial charge >= 0.3 is 0 Å². The summed E-state index contributed by atoms with van der Waals surface area (Å²) in [6.45, 7) is 1.93. The van der Waals surface area contributed by atoms with E-state index in [1.54, 1.807) is 11.3 Å². The van der Waals surface area contributed by atoms with Gasteiger partial charge in [0.25, 0.3) is 0 Å². The van der Waals surface area contributed by atoms with Crippen molar-refractivity contribution < 1.29 is 0 Å². The molecule has 184 valence electrons. The number of rotatable bonds is 7. The highest BCUT2D eigenvalue weighted by atomic mass is 32.1. The Hall–Kier alpha value is -3.81. The maximum Gasteiger partial charge on any atom is 0.155 e. The van der Waals surface area contributed by atoms with Gasteiger partial charge in [-0.15, -0.1) is 0 Å². The van der Waals surface area contributed by atoms with Crippen LogP contribution in [0, 0.1) is 5.92 Å². The predicted octanol–water partition coefficient (Wildman–Crippen LogP) is 7.18. The van der Waals surface area contributed by atoms with Gasteiger partial charge < -0.3 is 10.3 Å². The second-order valence-corrected chi connectivity index (χ2v) is 10.8. The lowest BCUT2D eigenvalue weighted by atomic mass is 10.0. The molecule has 5 heterocycles. The van der Waals surface area contributed by atoms with Crippen molar-refractivity contribution in [1.82, 2.24) is 30.5 Å². The Morgan fingerprint density at radius 1 is 0.946 bits per heavy atom. The zero-order valence-corrected chi connectivity index (χ0v) is 21.3. The van der Waals surface area contributed by atoms with E-state index in [9.17, 15) is 0 Å². The topological polar surface area (TPSA) is 82.3 Å². The number of pyridine rings is 2. The number of thiophene rings is 1. The van der Waals surface area contributed by atoms with E-state index in [-0.39, 0.29) is 0 Å². The first-order valence-corrected chi connectivity index (χ1v) is 13.9. The van der Waals surface area contributed by atoms with Crippen molar-refractivity contribution >= 4 is 33.3 Å². The summed E-state index contributed by atoms with van der Waals surface area (Å²) in [6.07, 6.45) is 11.2. The lowest BCUT2D eigenvalue weighted by Gasteiger charge is -2.11. The molecule has 1 saturated carbocycles. The van der Waals surface area contributed by atoms with Crippen molar-refractivity contribution in [2.45, 2.75) is 32.2 Å². The third-order valence-electron chi connectivity index (χ3n) is 7.53. The fourth-order valence-electron chi connectivity index (χ4n) is 5.60. The monoisotopic (exact) mass is 504 g/mol. The minimum atomic E-state index is 0.776. The van der Waals surface area contributed by atoms with Crippen molar-refractivity contribution in [1.29, 1.82) is 0 Å². The summed E-state index contributed by atoms with van der Waals surface area (Å²) in [6, 6.07) is 15.1. The first-order valence-electron chi connectivity index (χ1n) is 13.0. The van der Waals surface area contributed by atoms with Crippen LogP contribution in [0.1, 0.15) is 31.2 Å². The number of fused-ring (bicyclic) bond motifs is 2. The summed E-state index contributed by atoms with van der Waals surface area (Å²) in [5, 5.41) is 17.9. The zero-order chi connectivity index (χ0) is 24.6. The molecule has 0 saturated heterocycles. The molecule has 6 nitrogen and oxygen atoms in total. The van der Waals surface area contributed by atoms with Gasteiger partial charge in [0.15, 0.2) is 5.65 Å². The van der Waals surface area contributed by atoms with E-state index in [0.717, 1.165) is 58.1 Å². The molecule has 5 aromatic heterocycles. The van der Waals surface area contributed by atoms with E-state index in [1.807, 2.05) is 18.6 Å². The summed E-state index contributed by atoms with van der Waals surface area (Å²) in [5.41, 5.74) is 9.49. The zero-order valence-electron chi connectivity index (χ0n) is 20.5. The molecule has 0 unspecified atom stereocenters. The van der Waals surface area contributed by atoms with Gasteiger partial charge in [0.05, 0.1) is 5.69 Å². The molecule has 0 atom stereocenters. The fourth-order valence-corrected chi connectivity index (χ4v) is 6.25. The first-order chi connectivity index (χ1) is 18.3. The summed E-state index contributed by atoms with van der Waals surface area (Å²) in [5.74, 6) is 0.827. The number of hydrogen-bond acceptors (Lipinski definition) is 5. The van der Waals surface area contributed by atoms with Crippen molar-refractivity contribution in [2.24, 2.45) is 5.92 Å². The van der Waals surface area contributed by atoms with E-state index >= 15 is 0 Å². The average Bonchev–Trinajstić information content (AvgIpc) is 3.74. The molecule has 7 heteroatoms. The molecular weight excluding hydrogens is 476 g/mol. The molecule has 0 spiro atoms. The Bertz CT molecular complexity index is 1670. The van der Waals surface area contributed by atoms with Crippen molar-refractivity contribution in [3.05, 3.63) is 77.4 Å². The van der Waals surface area contributed by atoms with E-state index in [4.69, 9.17) is 0 Å². The third-order valence-corrected chi connectivity index (χ3v) is 8.22. The Labute approximate surface area is 219 Å². The average molecular weight is 505 g/mol. The third kappa shape index (κ3) is 4.34. The van der Waals surface area contributed by atoms with Crippen molar-refractivity contribution in [3.63, 3.8) is 0 Å². The maximum atomic E-state index is 4.69. The molecular formula is C30H28N6S. The summed E-state index contributed by atoms with van der Waals surface area (Å²) >= 11 is 1.71. The van der Waals surface area contributed by atoms with E-state index in [2.05, 4.69) is 83.7 Å². The van der Waals surface area contributed by atoms with Crippen LogP contribution in [0.2, 0.25) is 0 Å². The minimum absolute atomic E-state index is 0.776. The van der Waals surface area contributed by atoms with Gasteiger partial charge in [0, 0.05) is 52.6 Å². The standard InChI is InChI=1S/C30H28N6S/c1-2-5-19(4-1)13-31-14-20-10-22(16-32-15-20)23-11-26-29(35-36-30(26)33-17-23)28-12-25-24(21-8-9-37-18-21)6-3-7-27(25)34-28/h3,6-12,15-19,31,34H,1-2,4-5,13-14H2,(H,33,35,36). The molecule has 0 bridgehead atoms. The Kier molecular flexibility index (Phi) is 5.79. The predicted molar refractivity (Wildman–Crippen MR) is 151 cm³/mol. The Morgan fingerprint density at radius 3 is 2.76 bits per heavy atom. The quantitative estimate of drug-likeness (QED) is 0.215. The largest absolute Gasteiger partial charge is 0.353 e. The van der Waals surface area contributed by atoms with Crippen LogP contribution >= 0.6 is 11.3 Å². The second kappa shape index (κ2) is 9.57. The SMILES string of the molecule is c1cc(-c2ccsc2)c2cc(-c3n[nH]c4ncc(-c5cncc(CNCC6CCCC6)c5)cc34)[nH]c2c1. The molecule has 0 radical (unpaired) electrons. The van der Waals surface area contributed by atoms with Crippen molar-refractivity contribution in [3.8, 4) is 33.6 Å². The Morgan fingerprint density at radius 2 is 1.86 bits per heavy atom. The molecule has 3 N–H and O–H groups in total. The van der Waals surface area contributed by atoms with Crippen LogP contribution in [-0.2, 0) is 6.54 Å². The van der Waals surface area contributed by atoms with Gasteiger partial charge in [0.2, 0.25) is 0 Å². The highest BCUT2D eigenvalue weighted by molar-refractivity contribution is 7.08. The summed E-state index contributed by atoms with van der Waals surface area (Å²) < 4.78 is 0. The fraction of sp³-hybridized carbons (Fsp3) is 0.233. The van der Waals surface area contributed by atoms with Crippen molar-refractivity contribution in [2.75, 3.05) is 6.54 Å². The molecule has 1 aromatic carbocycles. The number of aromatic amines is 2. The number of benzene rings is 1. The molecule has 6 aromatic rings. The number of nitrogens with one attached hydrogen (secondary N) is 3. The number of H-pyrrole nitrogens is 2. The van der Waals surface area contributed by atoms with Crippen LogP contribution in [0.15, 0.2) is 71.8 Å². The first kappa shape index (κ1) is 22.4. The molecule has 1 aliphatic rings. The van der Waals surface area contributed by atoms with Crippen LogP contribution in [0.5, 0.6) is 0 Å². The maximum absolute atomic E-state index is 4.69. The smallest absolute Gasteiger partial charge is 0.155 e. The highest BCUT2D eigenvalue weighted by Crippen LogP contribution is 2.35. The van der Waals surface area contributed by atoms with E-state index < -0.39 is 0 Å².